The van der Waals surface area contributed by atoms with Gasteiger partial charge >= 0.3 is 0 Å². The van der Waals surface area contributed by atoms with Gasteiger partial charge in [-0.05, 0) is 37.3 Å². The van der Waals surface area contributed by atoms with Gasteiger partial charge in [0.1, 0.15) is 0 Å². The maximum absolute atomic E-state index is 12.8. The molecule has 0 spiro atoms. The van der Waals surface area contributed by atoms with Crippen molar-refractivity contribution in [1.29, 1.82) is 0 Å². The van der Waals surface area contributed by atoms with Gasteiger partial charge in [-0.25, -0.2) is 12.7 Å². The molecule has 2 aliphatic heterocycles. The molecule has 3 nitrogen and oxygen atoms in total. The highest BCUT2D eigenvalue weighted by molar-refractivity contribution is 7.89. The molecule has 3 rings (SSSR count). The van der Waals surface area contributed by atoms with E-state index >= 15 is 0 Å². The summed E-state index contributed by atoms with van der Waals surface area (Å²) in [6.45, 7) is 1.93. The molecule has 0 atom stereocenters. The molecule has 0 saturated carbocycles. The molecule has 2 bridgehead atoms. The van der Waals surface area contributed by atoms with Crippen molar-refractivity contribution in [1.82, 2.24) is 4.31 Å². The molecular formula is C17H15NO2S. The molecule has 0 fully saturated rings. The smallest absolute Gasteiger partial charge is 0.234 e. The molecular weight excluding hydrogens is 282 g/mol. The monoisotopic (exact) mass is 297 g/mol. The van der Waals surface area contributed by atoms with E-state index < -0.39 is 10.0 Å². The van der Waals surface area contributed by atoms with Crippen molar-refractivity contribution in [2.45, 2.75) is 11.8 Å². The van der Waals surface area contributed by atoms with Crippen molar-refractivity contribution in [3.05, 3.63) is 89.8 Å². The van der Waals surface area contributed by atoms with E-state index in [2.05, 4.69) is 0 Å². The van der Waals surface area contributed by atoms with Gasteiger partial charge in [-0.1, -0.05) is 48.1 Å². The Balaban J connectivity index is 2.04. The first-order valence-electron chi connectivity index (χ1n) is 6.64. The van der Waals surface area contributed by atoms with Crippen LogP contribution >= 0.6 is 0 Å². The van der Waals surface area contributed by atoms with E-state index in [0.717, 1.165) is 5.56 Å². The Morgan fingerprint density at radius 3 is 2.29 bits per heavy atom. The zero-order chi connectivity index (χ0) is 14.9. The summed E-state index contributed by atoms with van der Waals surface area (Å²) in [6.07, 6.45) is 14.7. The van der Waals surface area contributed by atoms with Gasteiger partial charge in [-0.3, -0.25) is 0 Å². The highest BCUT2D eigenvalue weighted by Crippen LogP contribution is 2.34. The summed E-state index contributed by atoms with van der Waals surface area (Å²) in [7, 11) is -3.56. The van der Waals surface area contributed by atoms with E-state index in [9.17, 15) is 8.42 Å². The predicted octanol–water partition coefficient (Wildman–Crippen LogP) is 3.45. The second-order valence-electron chi connectivity index (χ2n) is 4.87. The summed E-state index contributed by atoms with van der Waals surface area (Å²) in [4.78, 5) is 0.301. The molecule has 1 aromatic carbocycles. The molecule has 0 saturated heterocycles. The van der Waals surface area contributed by atoms with Crippen molar-refractivity contribution < 1.29 is 8.42 Å². The predicted molar refractivity (Wildman–Crippen MR) is 83.8 cm³/mol. The third-order valence-corrected chi connectivity index (χ3v) is 5.07. The molecule has 0 aliphatic carbocycles. The van der Waals surface area contributed by atoms with Crippen LogP contribution in [0.5, 0.6) is 0 Å². The van der Waals surface area contributed by atoms with Gasteiger partial charge in [-0.2, -0.15) is 0 Å². The van der Waals surface area contributed by atoms with Crippen LogP contribution in [0.4, 0.5) is 0 Å². The molecule has 2 aliphatic rings. The Bertz CT molecular complexity index is 795. The quantitative estimate of drug-likeness (QED) is 0.838. The normalized spacial score (nSPS) is 17.1. The van der Waals surface area contributed by atoms with E-state index in [1.54, 1.807) is 36.4 Å². The van der Waals surface area contributed by atoms with Gasteiger partial charge in [0, 0.05) is 0 Å². The minimum absolute atomic E-state index is 0.301. The van der Waals surface area contributed by atoms with Crippen LogP contribution in [0.15, 0.2) is 89.2 Å². The van der Waals surface area contributed by atoms with Gasteiger partial charge in [-0.15, -0.1) is 0 Å². The summed E-state index contributed by atoms with van der Waals surface area (Å²) in [5.74, 6) is 0. The van der Waals surface area contributed by atoms with Crippen LogP contribution in [0, 0.1) is 6.92 Å². The van der Waals surface area contributed by atoms with E-state index in [0.29, 0.717) is 16.3 Å². The Morgan fingerprint density at radius 2 is 1.52 bits per heavy atom. The van der Waals surface area contributed by atoms with E-state index in [-0.39, 0.29) is 0 Å². The highest BCUT2D eigenvalue weighted by Gasteiger charge is 2.33. The number of sulfonamides is 1. The zero-order valence-corrected chi connectivity index (χ0v) is 12.4. The molecule has 4 heteroatoms. The standard InChI is InChI=1S/C17H15NO2S/c1-14-9-11-17(12-10-14)21(19,20)18-15-7-5-3-2-4-6-8-16(18)13-15/h2-13H,1H3. The minimum Gasteiger partial charge on any atom is -0.234 e. The third kappa shape index (κ3) is 2.50. The average Bonchev–Trinajstić information content (AvgIpc) is 2.44. The maximum Gasteiger partial charge on any atom is 0.268 e. The Morgan fingerprint density at radius 1 is 0.857 bits per heavy atom. The summed E-state index contributed by atoms with van der Waals surface area (Å²) < 4.78 is 26.9. The van der Waals surface area contributed by atoms with Crippen LogP contribution in [-0.2, 0) is 10.0 Å². The van der Waals surface area contributed by atoms with Crippen molar-refractivity contribution in [3.8, 4) is 0 Å². The average molecular weight is 297 g/mol. The summed E-state index contributed by atoms with van der Waals surface area (Å²) in [5, 5.41) is 0. The van der Waals surface area contributed by atoms with Gasteiger partial charge in [0.05, 0.1) is 16.3 Å². The van der Waals surface area contributed by atoms with Crippen LogP contribution in [-0.4, -0.2) is 12.7 Å². The fourth-order valence-electron chi connectivity index (χ4n) is 2.18. The second-order valence-corrected chi connectivity index (χ2v) is 6.66. The van der Waals surface area contributed by atoms with E-state index in [4.69, 9.17) is 0 Å². The lowest BCUT2D eigenvalue weighted by molar-refractivity contribution is 0.521. The van der Waals surface area contributed by atoms with Crippen LogP contribution in [0.25, 0.3) is 0 Å². The lowest BCUT2D eigenvalue weighted by Gasteiger charge is -2.33. The Labute approximate surface area is 125 Å². The van der Waals surface area contributed by atoms with E-state index in [1.807, 2.05) is 43.4 Å². The summed E-state index contributed by atoms with van der Waals surface area (Å²) >= 11 is 0. The van der Waals surface area contributed by atoms with Gasteiger partial charge in [0.25, 0.3) is 10.0 Å². The minimum atomic E-state index is -3.56. The molecule has 21 heavy (non-hydrogen) atoms. The fraction of sp³-hybridized carbons (Fsp3) is 0.0588. The van der Waals surface area contributed by atoms with Crippen LogP contribution in [0.1, 0.15) is 5.56 Å². The SMILES string of the molecule is Cc1ccc(S(=O)(=O)N2c3cccccccc2c3)cc1. The van der Waals surface area contributed by atoms with Crippen LogP contribution in [0.3, 0.4) is 0 Å². The first kappa shape index (κ1) is 13.6. The summed E-state index contributed by atoms with van der Waals surface area (Å²) in [6, 6.07) is 6.90. The number of hydrogen-bond acceptors (Lipinski definition) is 2. The van der Waals surface area contributed by atoms with Crippen molar-refractivity contribution >= 4 is 10.0 Å². The van der Waals surface area contributed by atoms with Crippen molar-refractivity contribution in [2.24, 2.45) is 0 Å². The lowest BCUT2D eigenvalue weighted by atomic mass is 10.1. The van der Waals surface area contributed by atoms with Gasteiger partial charge in [0.15, 0.2) is 0 Å². The van der Waals surface area contributed by atoms with Crippen molar-refractivity contribution in [3.63, 3.8) is 0 Å². The maximum atomic E-state index is 12.8. The molecule has 0 radical (unpaired) electrons. The van der Waals surface area contributed by atoms with Crippen LogP contribution < -0.4 is 0 Å². The molecule has 0 N–H and O–H groups in total. The molecule has 0 aromatic heterocycles. The number of benzene rings is 1. The summed E-state index contributed by atoms with van der Waals surface area (Å²) in [5.41, 5.74) is 2.37. The molecule has 0 unspecified atom stereocenters. The largest absolute Gasteiger partial charge is 0.268 e. The second kappa shape index (κ2) is 5.22. The fourth-order valence-corrected chi connectivity index (χ4v) is 3.65. The molecule has 2 heterocycles. The molecule has 0 amide bonds. The number of rotatable bonds is 2. The van der Waals surface area contributed by atoms with E-state index in [1.165, 1.54) is 4.31 Å². The number of aryl methyl sites for hydroxylation is 1. The van der Waals surface area contributed by atoms with Crippen LogP contribution in [0.2, 0.25) is 0 Å². The topological polar surface area (TPSA) is 37.4 Å². The number of nitrogens with zero attached hydrogens (tertiary/aromatic N) is 1. The zero-order valence-electron chi connectivity index (χ0n) is 11.6. The molecule has 106 valence electrons. The Kier molecular flexibility index (Phi) is 3.39. The van der Waals surface area contributed by atoms with Gasteiger partial charge < -0.3 is 0 Å². The number of hydrogen-bond donors (Lipinski definition) is 0. The number of allylic oxidation sites excluding steroid dienone is 8. The Hall–Kier alpha value is -2.33. The van der Waals surface area contributed by atoms with Crippen molar-refractivity contribution in [2.75, 3.05) is 0 Å². The van der Waals surface area contributed by atoms with Gasteiger partial charge in [0.2, 0.25) is 0 Å². The molecule has 1 aromatic rings. The highest BCUT2D eigenvalue weighted by atomic mass is 32.2. The number of fused-ring (bicyclic) bond motifs is 2. The third-order valence-electron chi connectivity index (χ3n) is 3.30. The first-order valence-corrected chi connectivity index (χ1v) is 8.08. The first-order chi connectivity index (χ1) is 10.1. The lowest BCUT2D eigenvalue weighted by Crippen LogP contribution is -2.34.